The summed E-state index contributed by atoms with van der Waals surface area (Å²) >= 11 is 1.94. The normalized spacial score (nSPS) is 18.3. The van der Waals surface area contributed by atoms with Crippen molar-refractivity contribution in [1.29, 1.82) is 0 Å². The number of hydrogen-bond donors (Lipinski definition) is 0. The van der Waals surface area contributed by atoms with Crippen LogP contribution < -0.4 is 0 Å². The van der Waals surface area contributed by atoms with Gasteiger partial charge < -0.3 is 0 Å². The van der Waals surface area contributed by atoms with E-state index in [-0.39, 0.29) is 5.41 Å². The number of fused-ring (bicyclic) bond motifs is 4. The first kappa shape index (κ1) is 16.2. The fourth-order valence-corrected chi connectivity index (χ4v) is 5.92. The Labute approximate surface area is 160 Å². The van der Waals surface area contributed by atoms with Crippen molar-refractivity contribution < 1.29 is 0 Å². The number of nitrogens with zero attached hydrogens (tertiary/aromatic N) is 1. The van der Waals surface area contributed by atoms with Crippen LogP contribution in [0.5, 0.6) is 0 Å². The standard InChI is InChI=1S/C24H23NS/c1-2-8-19(9-3-1)18-25-16-14-24(15-17-25)20-10-4-6-12-22(20)26-23-13-7-5-11-21(23)24/h1-13H,14-18H2. The molecule has 2 heterocycles. The lowest BCUT2D eigenvalue weighted by Gasteiger charge is -2.46. The van der Waals surface area contributed by atoms with Gasteiger partial charge in [-0.2, -0.15) is 0 Å². The van der Waals surface area contributed by atoms with E-state index in [1.54, 1.807) is 11.1 Å². The monoisotopic (exact) mass is 357 g/mol. The van der Waals surface area contributed by atoms with Crippen LogP contribution >= 0.6 is 11.8 Å². The molecular weight excluding hydrogens is 334 g/mol. The molecule has 0 atom stereocenters. The molecule has 130 valence electrons. The maximum absolute atomic E-state index is 2.62. The Morgan fingerprint density at radius 2 is 1.23 bits per heavy atom. The molecule has 1 fully saturated rings. The summed E-state index contributed by atoms with van der Waals surface area (Å²) in [6, 6.07) is 29.0. The zero-order valence-corrected chi connectivity index (χ0v) is 15.7. The van der Waals surface area contributed by atoms with Gasteiger partial charge in [0.25, 0.3) is 0 Å². The summed E-state index contributed by atoms with van der Waals surface area (Å²) in [5, 5.41) is 0. The lowest BCUT2D eigenvalue weighted by Crippen LogP contribution is -2.44. The number of piperidine rings is 1. The number of hydrogen-bond acceptors (Lipinski definition) is 2. The molecule has 0 aliphatic carbocycles. The minimum absolute atomic E-state index is 0.186. The first-order chi connectivity index (χ1) is 12.9. The van der Waals surface area contributed by atoms with E-state index < -0.39 is 0 Å². The molecule has 2 heteroatoms. The number of benzene rings is 3. The highest BCUT2D eigenvalue weighted by molar-refractivity contribution is 7.99. The van der Waals surface area contributed by atoms with E-state index in [1.807, 2.05) is 11.8 Å². The largest absolute Gasteiger partial charge is 0.299 e. The van der Waals surface area contributed by atoms with Crippen LogP contribution in [0.3, 0.4) is 0 Å². The number of rotatable bonds is 2. The molecule has 26 heavy (non-hydrogen) atoms. The summed E-state index contributed by atoms with van der Waals surface area (Å²) < 4.78 is 0. The smallest absolute Gasteiger partial charge is 0.0249 e. The van der Waals surface area contributed by atoms with Gasteiger partial charge in [-0.15, -0.1) is 0 Å². The third-order valence-corrected chi connectivity index (χ3v) is 7.14. The van der Waals surface area contributed by atoms with E-state index in [1.165, 1.54) is 28.2 Å². The minimum atomic E-state index is 0.186. The van der Waals surface area contributed by atoms with E-state index in [4.69, 9.17) is 0 Å². The Bertz CT molecular complexity index is 863. The van der Waals surface area contributed by atoms with Gasteiger partial charge in [-0.3, -0.25) is 4.90 Å². The predicted molar refractivity (Wildman–Crippen MR) is 109 cm³/mol. The van der Waals surface area contributed by atoms with Gasteiger partial charge in [-0.05, 0) is 54.8 Å². The quantitative estimate of drug-likeness (QED) is 0.576. The van der Waals surface area contributed by atoms with Gasteiger partial charge in [0, 0.05) is 21.8 Å². The molecule has 0 unspecified atom stereocenters. The summed E-state index contributed by atoms with van der Waals surface area (Å²) in [4.78, 5) is 5.51. The van der Waals surface area contributed by atoms with E-state index in [0.717, 1.165) is 19.6 Å². The second-order valence-corrected chi connectivity index (χ2v) is 8.52. The van der Waals surface area contributed by atoms with Crippen molar-refractivity contribution in [2.24, 2.45) is 0 Å². The Morgan fingerprint density at radius 3 is 1.85 bits per heavy atom. The molecule has 0 amide bonds. The maximum atomic E-state index is 2.62. The molecule has 1 nitrogen and oxygen atoms in total. The minimum Gasteiger partial charge on any atom is -0.299 e. The zero-order chi connectivity index (χ0) is 17.4. The lowest BCUT2D eigenvalue weighted by atomic mass is 9.67. The third-order valence-electron chi connectivity index (χ3n) is 5.98. The molecule has 1 spiro atoms. The Balaban J connectivity index is 1.47. The van der Waals surface area contributed by atoms with Crippen molar-refractivity contribution in [3.05, 3.63) is 95.6 Å². The number of likely N-dealkylation sites (tertiary alicyclic amines) is 1. The second kappa shape index (κ2) is 6.61. The SMILES string of the molecule is c1ccc(CN2CCC3(CC2)c2ccccc2Sc2ccccc23)cc1. The van der Waals surface area contributed by atoms with Gasteiger partial charge in [-0.25, -0.2) is 0 Å². The lowest BCUT2D eigenvalue weighted by molar-refractivity contribution is 0.169. The summed E-state index contributed by atoms with van der Waals surface area (Å²) in [5.41, 5.74) is 4.69. The van der Waals surface area contributed by atoms with Gasteiger partial charge in [0.15, 0.2) is 0 Å². The molecule has 0 bridgehead atoms. The first-order valence-electron chi connectivity index (χ1n) is 9.48. The van der Waals surface area contributed by atoms with E-state index in [2.05, 4.69) is 83.8 Å². The van der Waals surface area contributed by atoms with Gasteiger partial charge in [0.2, 0.25) is 0 Å². The molecule has 1 saturated heterocycles. The summed E-state index contributed by atoms with van der Waals surface area (Å²) in [7, 11) is 0. The van der Waals surface area contributed by atoms with Crippen LogP contribution in [0.25, 0.3) is 0 Å². The average molecular weight is 358 g/mol. The molecule has 2 aliphatic rings. The molecular formula is C24H23NS. The maximum Gasteiger partial charge on any atom is 0.0249 e. The van der Waals surface area contributed by atoms with Crippen LogP contribution in [0.2, 0.25) is 0 Å². The summed E-state index contributed by atoms with van der Waals surface area (Å²) in [6.45, 7) is 3.37. The predicted octanol–water partition coefficient (Wildman–Crippen LogP) is 5.73. The van der Waals surface area contributed by atoms with Crippen LogP contribution in [0.1, 0.15) is 29.5 Å². The topological polar surface area (TPSA) is 3.24 Å². The van der Waals surface area contributed by atoms with Crippen molar-refractivity contribution in [3.8, 4) is 0 Å². The Kier molecular flexibility index (Phi) is 4.11. The van der Waals surface area contributed by atoms with Crippen LogP contribution in [-0.4, -0.2) is 18.0 Å². The molecule has 3 aromatic rings. The summed E-state index contributed by atoms with van der Waals surface area (Å²) in [5.74, 6) is 0. The van der Waals surface area contributed by atoms with Gasteiger partial charge in [0.1, 0.15) is 0 Å². The average Bonchev–Trinajstić information content (AvgIpc) is 2.71. The van der Waals surface area contributed by atoms with Crippen molar-refractivity contribution in [2.45, 2.75) is 34.6 Å². The molecule has 5 rings (SSSR count). The molecule has 0 N–H and O–H groups in total. The van der Waals surface area contributed by atoms with Crippen molar-refractivity contribution >= 4 is 11.8 Å². The van der Waals surface area contributed by atoms with Gasteiger partial charge >= 0.3 is 0 Å². The molecule has 2 aliphatic heterocycles. The highest BCUT2D eigenvalue weighted by Gasteiger charge is 2.42. The van der Waals surface area contributed by atoms with Crippen molar-refractivity contribution in [2.75, 3.05) is 13.1 Å². The molecule has 3 aromatic carbocycles. The van der Waals surface area contributed by atoms with E-state index >= 15 is 0 Å². The molecule has 0 radical (unpaired) electrons. The second-order valence-electron chi connectivity index (χ2n) is 7.44. The highest BCUT2D eigenvalue weighted by atomic mass is 32.2. The van der Waals surface area contributed by atoms with Crippen LogP contribution in [0.15, 0.2) is 88.7 Å². The van der Waals surface area contributed by atoms with Crippen LogP contribution in [-0.2, 0) is 12.0 Å². The van der Waals surface area contributed by atoms with Gasteiger partial charge in [0.05, 0.1) is 0 Å². The molecule has 0 aromatic heterocycles. The van der Waals surface area contributed by atoms with Crippen LogP contribution in [0.4, 0.5) is 0 Å². The van der Waals surface area contributed by atoms with Gasteiger partial charge in [-0.1, -0.05) is 78.5 Å². The molecule has 0 saturated carbocycles. The first-order valence-corrected chi connectivity index (χ1v) is 10.3. The fraction of sp³-hybridized carbons (Fsp3) is 0.250. The van der Waals surface area contributed by atoms with E-state index in [0.29, 0.717) is 0 Å². The van der Waals surface area contributed by atoms with Crippen LogP contribution in [0, 0.1) is 0 Å². The highest BCUT2D eigenvalue weighted by Crippen LogP contribution is 2.53. The van der Waals surface area contributed by atoms with Crippen molar-refractivity contribution in [3.63, 3.8) is 0 Å². The van der Waals surface area contributed by atoms with E-state index in [9.17, 15) is 0 Å². The summed E-state index contributed by atoms with van der Waals surface area (Å²) in [6.07, 6.45) is 2.41. The fourth-order valence-electron chi connectivity index (χ4n) is 4.64. The Morgan fingerprint density at radius 1 is 0.692 bits per heavy atom. The zero-order valence-electron chi connectivity index (χ0n) is 14.9. The van der Waals surface area contributed by atoms with Crippen molar-refractivity contribution in [1.82, 2.24) is 4.90 Å². The Hall–Kier alpha value is -2.03. The third kappa shape index (κ3) is 2.69.